The van der Waals surface area contributed by atoms with E-state index in [1.165, 1.54) is 12.1 Å². The lowest BCUT2D eigenvalue weighted by atomic mass is 10.1. The maximum absolute atomic E-state index is 13.4. The molecule has 1 aliphatic carbocycles. The highest BCUT2D eigenvalue weighted by Gasteiger charge is 2.58. The molecule has 1 saturated carbocycles. The van der Waals surface area contributed by atoms with E-state index >= 15 is 0 Å². The van der Waals surface area contributed by atoms with Gasteiger partial charge in [-0.05, 0) is 42.3 Å². The molecule has 0 saturated heterocycles. The van der Waals surface area contributed by atoms with E-state index in [0.717, 1.165) is 0 Å². The Morgan fingerprint density at radius 2 is 1.76 bits per heavy atom. The Bertz CT molecular complexity index is 746. The van der Waals surface area contributed by atoms with E-state index in [9.17, 15) is 12.8 Å². The number of halogens is 1. The van der Waals surface area contributed by atoms with Crippen LogP contribution in [-0.2, 0) is 9.84 Å². The second kappa shape index (κ2) is 5.24. The van der Waals surface area contributed by atoms with Crippen LogP contribution in [0.5, 0.6) is 0 Å². The van der Waals surface area contributed by atoms with E-state index in [0.29, 0.717) is 10.5 Å². The molecule has 0 aromatic heterocycles. The molecule has 21 heavy (non-hydrogen) atoms. The fraction of sp³-hybridized carbons (Fsp3) is 0.250. The van der Waals surface area contributed by atoms with Crippen molar-refractivity contribution in [3.8, 4) is 0 Å². The Morgan fingerprint density at radius 1 is 1.05 bits per heavy atom. The topological polar surface area (TPSA) is 60.2 Å². The van der Waals surface area contributed by atoms with Gasteiger partial charge in [0.2, 0.25) is 0 Å². The van der Waals surface area contributed by atoms with Gasteiger partial charge in [0.1, 0.15) is 5.82 Å². The maximum atomic E-state index is 13.4. The summed E-state index contributed by atoms with van der Waals surface area (Å²) in [6.07, 6.45) is 0. The Kier molecular flexibility index (Phi) is 3.55. The highest BCUT2D eigenvalue weighted by atomic mass is 32.2. The lowest BCUT2D eigenvalue weighted by Gasteiger charge is -2.04. The summed E-state index contributed by atoms with van der Waals surface area (Å²) in [6, 6.07) is 14.5. The summed E-state index contributed by atoms with van der Waals surface area (Å²) >= 11 is 0. The normalized spacial score (nSPS) is 24.8. The molecule has 2 N–H and O–H groups in total. The summed E-state index contributed by atoms with van der Waals surface area (Å²) in [4.78, 5) is 0.298. The van der Waals surface area contributed by atoms with Gasteiger partial charge in [-0.1, -0.05) is 30.3 Å². The third-order valence-electron chi connectivity index (χ3n) is 4.03. The minimum absolute atomic E-state index is 0.156. The minimum atomic E-state index is -3.44. The summed E-state index contributed by atoms with van der Waals surface area (Å²) in [5.41, 5.74) is 6.41. The SMILES string of the molecule is NC[C@@H]1[C@@H](c2cccc(F)c2)[C@H]1S(=O)(=O)c1ccccc1. The molecule has 1 fully saturated rings. The van der Waals surface area contributed by atoms with Crippen LogP contribution < -0.4 is 5.73 Å². The molecule has 1 aliphatic rings. The van der Waals surface area contributed by atoms with Crippen molar-refractivity contribution in [1.29, 1.82) is 0 Å². The van der Waals surface area contributed by atoms with Crippen molar-refractivity contribution in [2.24, 2.45) is 11.7 Å². The molecule has 0 aliphatic heterocycles. The summed E-state index contributed by atoms with van der Waals surface area (Å²) in [7, 11) is -3.44. The van der Waals surface area contributed by atoms with Gasteiger partial charge in [0.25, 0.3) is 0 Å². The Labute approximate surface area is 123 Å². The lowest BCUT2D eigenvalue weighted by Crippen LogP contribution is -2.13. The maximum Gasteiger partial charge on any atom is 0.182 e. The molecule has 0 heterocycles. The average molecular weight is 305 g/mol. The van der Waals surface area contributed by atoms with Crippen LogP contribution in [-0.4, -0.2) is 20.2 Å². The van der Waals surface area contributed by atoms with E-state index in [-0.39, 0.29) is 24.2 Å². The van der Waals surface area contributed by atoms with Gasteiger partial charge >= 0.3 is 0 Å². The molecular formula is C16H16FNO2S. The monoisotopic (exact) mass is 305 g/mol. The molecule has 2 aromatic carbocycles. The molecule has 0 spiro atoms. The van der Waals surface area contributed by atoms with Crippen molar-refractivity contribution in [3.05, 3.63) is 66.0 Å². The lowest BCUT2D eigenvalue weighted by molar-refractivity contribution is 0.591. The molecule has 0 bridgehead atoms. The van der Waals surface area contributed by atoms with Crippen molar-refractivity contribution in [1.82, 2.24) is 0 Å². The van der Waals surface area contributed by atoms with Gasteiger partial charge in [-0.25, -0.2) is 12.8 Å². The summed E-state index contributed by atoms with van der Waals surface area (Å²) in [6.45, 7) is 0.276. The van der Waals surface area contributed by atoms with Crippen LogP contribution in [0.4, 0.5) is 4.39 Å². The Balaban J connectivity index is 1.96. The van der Waals surface area contributed by atoms with Crippen molar-refractivity contribution >= 4 is 9.84 Å². The van der Waals surface area contributed by atoms with E-state index in [1.54, 1.807) is 42.5 Å². The fourth-order valence-electron chi connectivity index (χ4n) is 2.96. The average Bonchev–Trinajstić information content (AvgIpc) is 3.23. The number of hydrogen-bond donors (Lipinski definition) is 1. The summed E-state index contributed by atoms with van der Waals surface area (Å²) in [5.74, 6) is -0.737. The number of benzene rings is 2. The first kappa shape index (κ1) is 14.2. The largest absolute Gasteiger partial charge is 0.330 e. The van der Waals surface area contributed by atoms with Crippen molar-refractivity contribution in [2.75, 3.05) is 6.54 Å². The van der Waals surface area contributed by atoms with E-state index in [2.05, 4.69) is 0 Å². The standard InChI is InChI=1S/C16H16FNO2S/c17-12-6-4-5-11(9-12)15-14(10-18)16(15)21(19,20)13-7-2-1-3-8-13/h1-9,14-16H,10,18H2/t14-,15-,16+/m1/s1. The zero-order chi connectivity index (χ0) is 15.0. The van der Waals surface area contributed by atoms with Crippen LogP contribution >= 0.6 is 0 Å². The second-order valence-electron chi connectivity index (χ2n) is 5.30. The van der Waals surface area contributed by atoms with Gasteiger partial charge in [0.05, 0.1) is 10.1 Å². The Morgan fingerprint density at radius 3 is 2.38 bits per heavy atom. The highest BCUT2D eigenvalue weighted by Crippen LogP contribution is 2.53. The zero-order valence-corrected chi connectivity index (χ0v) is 12.1. The summed E-state index contributed by atoms with van der Waals surface area (Å²) in [5, 5.41) is -0.563. The molecule has 5 heteroatoms. The molecule has 110 valence electrons. The molecule has 3 nitrogen and oxygen atoms in total. The van der Waals surface area contributed by atoms with Gasteiger partial charge < -0.3 is 5.73 Å². The van der Waals surface area contributed by atoms with Crippen LogP contribution in [0, 0.1) is 11.7 Å². The zero-order valence-electron chi connectivity index (χ0n) is 11.3. The van der Waals surface area contributed by atoms with Gasteiger partial charge in [0, 0.05) is 5.92 Å². The van der Waals surface area contributed by atoms with Crippen LogP contribution in [0.25, 0.3) is 0 Å². The van der Waals surface area contributed by atoms with Crippen LogP contribution in [0.2, 0.25) is 0 Å². The number of hydrogen-bond acceptors (Lipinski definition) is 3. The molecular weight excluding hydrogens is 289 g/mol. The van der Waals surface area contributed by atoms with Gasteiger partial charge in [-0.2, -0.15) is 0 Å². The first-order chi connectivity index (χ1) is 10.1. The van der Waals surface area contributed by atoms with Gasteiger partial charge in [-0.15, -0.1) is 0 Å². The van der Waals surface area contributed by atoms with E-state index in [4.69, 9.17) is 5.73 Å². The first-order valence-corrected chi connectivity index (χ1v) is 8.35. The molecule has 3 rings (SSSR count). The molecule has 0 unspecified atom stereocenters. The smallest absolute Gasteiger partial charge is 0.182 e. The molecule has 2 aromatic rings. The molecule has 3 atom stereocenters. The highest BCUT2D eigenvalue weighted by molar-refractivity contribution is 7.92. The van der Waals surface area contributed by atoms with Crippen molar-refractivity contribution in [2.45, 2.75) is 16.1 Å². The van der Waals surface area contributed by atoms with E-state index < -0.39 is 15.1 Å². The van der Waals surface area contributed by atoms with Crippen molar-refractivity contribution in [3.63, 3.8) is 0 Å². The second-order valence-corrected chi connectivity index (χ2v) is 7.41. The summed E-state index contributed by atoms with van der Waals surface area (Å²) < 4.78 is 38.7. The molecule has 0 amide bonds. The fourth-order valence-corrected chi connectivity index (χ4v) is 5.21. The van der Waals surface area contributed by atoms with Gasteiger partial charge in [0.15, 0.2) is 9.84 Å². The third-order valence-corrected chi connectivity index (χ3v) is 6.32. The predicted molar refractivity (Wildman–Crippen MR) is 79.1 cm³/mol. The van der Waals surface area contributed by atoms with Crippen molar-refractivity contribution < 1.29 is 12.8 Å². The number of sulfone groups is 1. The van der Waals surface area contributed by atoms with Gasteiger partial charge in [-0.3, -0.25) is 0 Å². The van der Waals surface area contributed by atoms with Crippen LogP contribution in [0.15, 0.2) is 59.5 Å². The predicted octanol–water partition coefficient (Wildman–Crippen LogP) is 2.34. The minimum Gasteiger partial charge on any atom is -0.330 e. The number of rotatable bonds is 4. The molecule has 0 radical (unpaired) electrons. The quantitative estimate of drug-likeness (QED) is 0.943. The number of nitrogens with two attached hydrogens (primary N) is 1. The van der Waals surface area contributed by atoms with Crippen LogP contribution in [0.3, 0.4) is 0 Å². The Hall–Kier alpha value is -1.72. The van der Waals surface area contributed by atoms with E-state index in [1.807, 2.05) is 0 Å². The third kappa shape index (κ3) is 2.47. The van der Waals surface area contributed by atoms with Crippen LogP contribution in [0.1, 0.15) is 11.5 Å². The first-order valence-electron chi connectivity index (χ1n) is 6.80.